The van der Waals surface area contributed by atoms with Gasteiger partial charge in [0.1, 0.15) is 0 Å². The molecule has 43 heavy (non-hydrogen) atoms. The zero-order valence-corrected chi connectivity index (χ0v) is 25.7. The van der Waals surface area contributed by atoms with Crippen LogP contribution < -0.4 is 15.4 Å². The number of carboxylic acids is 1. The van der Waals surface area contributed by atoms with Gasteiger partial charge in [0.2, 0.25) is 6.41 Å². The van der Waals surface area contributed by atoms with Crippen molar-refractivity contribution in [1.29, 1.82) is 0 Å². The molecule has 2 aliphatic heterocycles. The van der Waals surface area contributed by atoms with Crippen LogP contribution in [0.5, 0.6) is 5.75 Å². The van der Waals surface area contributed by atoms with Gasteiger partial charge in [0.25, 0.3) is 5.91 Å². The summed E-state index contributed by atoms with van der Waals surface area (Å²) in [6, 6.07) is 10.9. The molecular formula is C34H41FN2O6. The Morgan fingerprint density at radius 3 is 2.35 bits per heavy atom. The van der Waals surface area contributed by atoms with Gasteiger partial charge in [0.15, 0.2) is 11.6 Å². The van der Waals surface area contributed by atoms with E-state index >= 15 is 4.39 Å². The minimum absolute atomic E-state index is 0.0921. The molecule has 0 unspecified atom stereocenters. The Balaban J connectivity index is 0.000000566. The third-order valence-corrected chi connectivity index (χ3v) is 7.16. The number of nitrogens with two attached hydrogens (primary N) is 1. The summed E-state index contributed by atoms with van der Waals surface area (Å²) < 4.78 is 20.8. The fourth-order valence-electron chi connectivity index (χ4n) is 5.49. The van der Waals surface area contributed by atoms with Crippen molar-refractivity contribution in [2.24, 2.45) is 5.73 Å². The number of rotatable bonds is 4. The van der Waals surface area contributed by atoms with E-state index in [0.717, 1.165) is 45.5 Å². The van der Waals surface area contributed by atoms with Crippen LogP contribution in [0.25, 0.3) is 11.1 Å². The first kappa shape index (κ1) is 33.3. The van der Waals surface area contributed by atoms with E-state index in [0.29, 0.717) is 48.4 Å². The van der Waals surface area contributed by atoms with Crippen LogP contribution in [0.3, 0.4) is 0 Å². The van der Waals surface area contributed by atoms with Crippen LogP contribution in [0.2, 0.25) is 0 Å². The molecule has 3 aromatic carbocycles. The number of hydrogen-bond acceptors (Lipinski definition) is 5. The van der Waals surface area contributed by atoms with Crippen LogP contribution in [0.15, 0.2) is 36.4 Å². The average Bonchev–Trinajstić information content (AvgIpc) is 3.33. The maximum atomic E-state index is 15.2. The van der Waals surface area contributed by atoms with Gasteiger partial charge in [-0.2, -0.15) is 0 Å². The van der Waals surface area contributed by atoms with Crippen molar-refractivity contribution in [3.05, 3.63) is 81.2 Å². The highest BCUT2D eigenvalue weighted by molar-refractivity contribution is 6.08. The number of benzene rings is 3. The third kappa shape index (κ3) is 7.99. The number of primary amides is 1. The number of aliphatic hydroxyl groups is 1. The molecule has 2 aliphatic rings. The van der Waals surface area contributed by atoms with Crippen molar-refractivity contribution >= 4 is 24.0 Å². The van der Waals surface area contributed by atoms with Gasteiger partial charge in [-0.25, -0.2) is 4.39 Å². The fraction of sp³-hybridized carbons (Fsp3) is 0.382. The van der Waals surface area contributed by atoms with Crippen LogP contribution in [0.1, 0.15) is 70.9 Å². The summed E-state index contributed by atoms with van der Waals surface area (Å²) >= 11 is 0. The second kappa shape index (κ2) is 13.8. The molecule has 0 fully saturated rings. The van der Waals surface area contributed by atoms with Gasteiger partial charge < -0.3 is 25.6 Å². The van der Waals surface area contributed by atoms with Crippen LogP contribution in [0.4, 0.5) is 10.1 Å². The number of fused-ring (bicyclic) bond motifs is 2. The monoisotopic (exact) mass is 592 g/mol. The maximum Gasteiger partial charge on any atom is 0.307 e. The molecule has 2 heterocycles. The average molecular weight is 593 g/mol. The smallest absolute Gasteiger partial charge is 0.307 e. The quantitative estimate of drug-likeness (QED) is 0.346. The standard InChI is InChI=1S/C29H28FNO4.C4H10O.CH3NO/c1-16-6-4-7-19(12-16)29(34)31-10-9-21-25(31)13-17(2)22(15-26(32)33)27(21)23-14-24(30)28-20(18(23)3)8-5-11-35-28;1-4(2,3)5;2-1-3/h4,6-7,12-14H,5,8-11,15H2,1-3H3,(H,32,33);5H,1-3H3;1H,(H2,2,3). The lowest BCUT2D eigenvalue weighted by Crippen LogP contribution is -2.29. The van der Waals surface area contributed by atoms with Crippen molar-refractivity contribution in [3.8, 4) is 16.9 Å². The molecule has 9 heteroatoms. The van der Waals surface area contributed by atoms with Gasteiger partial charge in [-0.05, 0) is 118 Å². The van der Waals surface area contributed by atoms with Crippen LogP contribution in [0, 0.1) is 26.6 Å². The summed E-state index contributed by atoms with van der Waals surface area (Å²) in [6.45, 7) is 12.0. The van der Waals surface area contributed by atoms with Gasteiger partial charge in [0, 0.05) is 23.4 Å². The van der Waals surface area contributed by atoms with Gasteiger partial charge >= 0.3 is 5.97 Å². The number of nitrogens with zero attached hydrogens (tertiary/aromatic N) is 1. The number of anilines is 1. The second-order valence-electron chi connectivity index (χ2n) is 11.8. The molecule has 0 aliphatic carbocycles. The van der Waals surface area contributed by atoms with E-state index in [9.17, 15) is 14.7 Å². The highest BCUT2D eigenvalue weighted by Gasteiger charge is 2.32. The Bertz CT molecular complexity index is 1520. The number of carbonyl (C=O) groups excluding carboxylic acids is 2. The van der Waals surface area contributed by atoms with E-state index in [4.69, 9.17) is 14.6 Å². The molecule has 0 aromatic heterocycles. The third-order valence-electron chi connectivity index (χ3n) is 7.16. The lowest BCUT2D eigenvalue weighted by molar-refractivity contribution is -0.136. The summed E-state index contributed by atoms with van der Waals surface area (Å²) in [5, 5.41) is 18.2. The van der Waals surface area contributed by atoms with Gasteiger partial charge in [-0.3, -0.25) is 14.4 Å². The molecule has 3 aromatic rings. The number of ether oxygens (including phenoxy) is 1. The fourth-order valence-corrected chi connectivity index (χ4v) is 5.49. The van der Waals surface area contributed by atoms with E-state index in [2.05, 4.69) is 5.73 Å². The highest BCUT2D eigenvalue weighted by atomic mass is 19.1. The lowest BCUT2D eigenvalue weighted by atomic mass is 9.84. The number of hydrogen-bond donors (Lipinski definition) is 3. The Kier molecular flexibility index (Phi) is 10.7. The highest BCUT2D eigenvalue weighted by Crippen LogP contribution is 2.45. The van der Waals surface area contributed by atoms with Crippen molar-refractivity contribution in [1.82, 2.24) is 0 Å². The summed E-state index contributed by atoms with van der Waals surface area (Å²) in [4.78, 5) is 35.6. The number of amides is 2. The van der Waals surface area contributed by atoms with Crippen molar-refractivity contribution in [2.75, 3.05) is 18.1 Å². The minimum Gasteiger partial charge on any atom is -0.490 e. The maximum absolute atomic E-state index is 15.2. The van der Waals surface area contributed by atoms with Crippen molar-refractivity contribution < 1.29 is 33.7 Å². The normalized spacial score (nSPS) is 13.3. The Morgan fingerprint density at radius 1 is 1.09 bits per heavy atom. The number of aliphatic carboxylic acids is 1. The number of carboxylic acid groups (broad SMARTS) is 1. The molecular weight excluding hydrogens is 551 g/mol. The molecule has 230 valence electrons. The van der Waals surface area contributed by atoms with E-state index in [1.165, 1.54) is 6.07 Å². The molecule has 0 radical (unpaired) electrons. The van der Waals surface area contributed by atoms with Gasteiger partial charge in [-0.1, -0.05) is 17.7 Å². The predicted molar refractivity (Wildman–Crippen MR) is 165 cm³/mol. The first-order valence-corrected chi connectivity index (χ1v) is 14.3. The molecule has 4 N–H and O–H groups in total. The Morgan fingerprint density at radius 2 is 1.74 bits per heavy atom. The molecule has 2 amide bonds. The van der Waals surface area contributed by atoms with Crippen LogP contribution in [-0.4, -0.2) is 47.3 Å². The Labute approximate surface area is 252 Å². The Hall–Kier alpha value is -4.24. The van der Waals surface area contributed by atoms with Crippen LogP contribution >= 0.6 is 0 Å². The summed E-state index contributed by atoms with van der Waals surface area (Å²) in [7, 11) is 0. The lowest BCUT2D eigenvalue weighted by Gasteiger charge is -2.25. The van der Waals surface area contributed by atoms with Gasteiger partial charge in [-0.15, -0.1) is 0 Å². The van der Waals surface area contributed by atoms with E-state index in [-0.39, 0.29) is 18.7 Å². The largest absolute Gasteiger partial charge is 0.490 e. The summed E-state index contributed by atoms with van der Waals surface area (Å²) in [5.74, 6) is -1.16. The number of aryl methyl sites for hydroxylation is 2. The summed E-state index contributed by atoms with van der Waals surface area (Å²) in [6.07, 6.45) is 2.17. The van der Waals surface area contributed by atoms with E-state index in [1.54, 1.807) is 25.7 Å². The first-order valence-electron chi connectivity index (χ1n) is 14.3. The zero-order chi connectivity index (χ0) is 32.1. The summed E-state index contributed by atoms with van der Waals surface area (Å²) in [5.41, 5.74) is 11.6. The molecule has 0 atom stereocenters. The van der Waals surface area contributed by atoms with Crippen molar-refractivity contribution in [2.45, 2.75) is 72.8 Å². The van der Waals surface area contributed by atoms with Gasteiger partial charge in [0.05, 0.1) is 18.6 Å². The molecule has 8 nitrogen and oxygen atoms in total. The molecule has 0 spiro atoms. The van der Waals surface area contributed by atoms with Crippen LogP contribution in [-0.2, 0) is 28.9 Å². The van der Waals surface area contributed by atoms with E-state index in [1.807, 2.05) is 51.1 Å². The molecule has 5 rings (SSSR count). The topological polar surface area (TPSA) is 130 Å². The van der Waals surface area contributed by atoms with Crippen molar-refractivity contribution in [3.63, 3.8) is 0 Å². The first-order chi connectivity index (χ1) is 20.2. The second-order valence-corrected chi connectivity index (χ2v) is 11.8. The molecule has 0 saturated carbocycles. The number of carbonyl (C=O) groups is 3. The SMILES string of the molecule is CC(C)(C)O.Cc1cccc(C(=O)N2CCc3c2cc(C)c(CC(=O)O)c3-c2cc(F)c3c(c2C)CCCO3)c1.NC=O. The predicted octanol–water partition coefficient (Wildman–Crippen LogP) is 5.45. The minimum atomic E-state index is -0.945. The molecule has 0 saturated heterocycles. The zero-order valence-electron chi connectivity index (χ0n) is 25.7. The van der Waals surface area contributed by atoms with E-state index < -0.39 is 17.4 Å². The molecule has 0 bridgehead atoms. The number of halogens is 1.